The molecule has 0 aliphatic heterocycles. The maximum atomic E-state index is 10.5. The van der Waals surface area contributed by atoms with Gasteiger partial charge >= 0.3 is 6.18 Å². The number of carboxylic acids is 1. The Morgan fingerprint density at radius 1 is 1.62 bits per heavy atom. The third-order valence-electron chi connectivity index (χ3n) is 0.698. The highest BCUT2D eigenvalue weighted by Gasteiger charge is 2.28. The highest BCUT2D eigenvalue weighted by Crippen LogP contribution is 2.11. The summed E-state index contributed by atoms with van der Waals surface area (Å²) in [6.07, 6.45) is -2.51. The molecule has 0 unspecified atom stereocenters. The van der Waals surface area contributed by atoms with E-state index < -0.39 is 12.1 Å². The van der Waals surface area contributed by atoms with Gasteiger partial charge in [0, 0.05) is 0 Å². The third-order valence-corrected chi connectivity index (χ3v) is 0.698. The number of quaternary nitrogens is 1. The Kier molecular flexibility index (Phi) is 8.40. The highest BCUT2D eigenvalue weighted by molar-refractivity contribution is 5.70. The molecule has 0 amide bonds. The molecule has 0 aromatic heterocycles. The van der Waals surface area contributed by atoms with Crippen molar-refractivity contribution < 1.29 is 33.8 Å². The van der Waals surface area contributed by atoms with Crippen molar-refractivity contribution >= 4 is 5.97 Å². The molecule has 0 radical (unpaired) electrons. The minimum atomic E-state index is -5.19. The summed E-state index contributed by atoms with van der Waals surface area (Å²) in [6.45, 7) is 4.17. The summed E-state index contributed by atoms with van der Waals surface area (Å²) >= 11 is 0. The van der Waals surface area contributed by atoms with Crippen molar-refractivity contribution in [2.75, 3.05) is 6.61 Å². The summed E-state index contributed by atoms with van der Waals surface area (Å²) in [4.78, 5) is 13.2. The van der Waals surface area contributed by atoms with Gasteiger partial charge in [-0.05, 0) is 6.42 Å². The quantitative estimate of drug-likeness (QED) is 0.362. The molecule has 78 valence electrons. The van der Waals surface area contributed by atoms with Crippen LogP contribution >= 0.6 is 0 Å². The highest BCUT2D eigenvalue weighted by atomic mass is 19.4. The number of rotatable bonds is 3. The third kappa shape index (κ3) is 13.9. The van der Waals surface area contributed by atoms with E-state index in [1.807, 2.05) is 0 Å². The molecule has 0 fully saturated rings. The monoisotopic (exact) mass is 201 g/mol. The molecule has 0 saturated carbocycles. The van der Waals surface area contributed by atoms with E-state index in [0.29, 0.717) is 6.61 Å². The zero-order valence-corrected chi connectivity index (χ0v) is 6.76. The van der Waals surface area contributed by atoms with Crippen LogP contribution in [0, 0.1) is 0 Å². The lowest BCUT2D eigenvalue weighted by Crippen LogP contribution is -2.48. The Balaban J connectivity index is 0. The van der Waals surface area contributed by atoms with Gasteiger partial charge in [0.1, 0.15) is 12.6 Å². The predicted molar refractivity (Wildman–Crippen MR) is 34.7 cm³/mol. The first-order valence-corrected chi connectivity index (χ1v) is 3.12. The number of alkyl halides is 3. The fourth-order valence-corrected chi connectivity index (χ4v) is 0.167. The number of hydrogen-bond donors (Lipinski definition) is 1. The van der Waals surface area contributed by atoms with Gasteiger partial charge in [-0.2, -0.15) is 13.2 Å². The van der Waals surface area contributed by atoms with Gasteiger partial charge in [0.2, 0.25) is 0 Å². The van der Waals surface area contributed by atoms with Gasteiger partial charge in [-0.25, -0.2) is 10.7 Å². The standard InChI is InChI=1S/C4H10NO.C2HF3O2/c1-2-3-4-6-5;3-2(4,5)1(6)7/h2H,1,3-4H2,5H3;(H,6,7)/q+1;/p-1. The second kappa shape index (κ2) is 7.56. The van der Waals surface area contributed by atoms with Gasteiger partial charge in [-0.15, -0.1) is 6.58 Å². The molecule has 0 aliphatic carbocycles. The van der Waals surface area contributed by atoms with Crippen LogP contribution in [-0.2, 0) is 9.63 Å². The summed E-state index contributed by atoms with van der Waals surface area (Å²) in [6, 6.07) is 0. The Morgan fingerprint density at radius 2 is 2.00 bits per heavy atom. The van der Waals surface area contributed by atoms with E-state index in [1.165, 1.54) is 0 Å². The largest absolute Gasteiger partial charge is 0.542 e. The van der Waals surface area contributed by atoms with Crippen molar-refractivity contribution in [1.82, 2.24) is 0 Å². The Hall–Kier alpha value is -1.08. The number of hydrogen-bond acceptors (Lipinski definition) is 3. The van der Waals surface area contributed by atoms with Crippen LogP contribution in [0.1, 0.15) is 6.42 Å². The van der Waals surface area contributed by atoms with E-state index in [1.54, 1.807) is 6.08 Å². The molecule has 4 nitrogen and oxygen atoms in total. The molecule has 3 N–H and O–H groups in total. The van der Waals surface area contributed by atoms with E-state index in [2.05, 4.69) is 17.3 Å². The first kappa shape index (κ1) is 14.4. The minimum absolute atomic E-state index is 0.684. The number of halogens is 3. The van der Waals surface area contributed by atoms with E-state index in [4.69, 9.17) is 9.90 Å². The summed E-state index contributed by atoms with van der Waals surface area (Å²) in [5.41, 5.74) is 0. The second-order valence-corrected chi connectivity index (χ2v) is 1.77. The minimum Gasteiger partial charge on any atom is -0.542 e. The molecular weight excluding hydrogens is 191 g/mol. The van der Waals surface area contributed by atoms with E-state index in [0.717, 1.165) is 6.42 Å². The fraction of sp³-hybridized carbons (Fsp3) is 0.500. The first-order chi connectivity index (χ1) is 5.86. The van der Waals surface area contributed by atoms with E-state index >= 15 is 0 Å². The SMILES string of the molecule is C=CCCO[NH3+].O=C([O-])C(F)(F)F. The van der Waals surface area contributed by atoms with Crippen molar-refractivity contribution in [2.45, 2.75) is 12.6 Å². The summed E-state index contributed by atoms with van der Waals surface area (Å²) in [5.74, 6) is 0.168. The van der Waals surface area contributed by atoms with Crippen LogP contribution in [-0.4, -0.2) is 18.8 Å². The maximum Gasteiger partial charge on any atom is 0.430 e. The van der Waals surface area contributed by atoms with Crippen molar-refractivity contribution in [3.63, 3.8) is 0 Å². The smallest absolute Gasteiger partial charge is 0.430 e. The number of aliphatic carboxylic acids is 1. The van der Waals surface area contributed by atoms with Crippen LogP contribution in [0.3, 0.4) is 0 Å². The lowest BCUT2D eigenvalue weighted by atomic mass is 10.5. The van der Waals surface area contributed by atoms with Crippen LogP contribution in [0.15, 0.2) is 12.7 Å². The van der Waals surface area contributed by atoms with Crippen molar-refractivity contribution in [3.8, 4) is 0 Å². The lowest BCUT2D eigenvalue weighted by Gasteiger charge is -2.03. The molecule has 0 bridgehead atoms. The van der Waals surface area contributed by atoms with E-state index in [9.17, 15) is 13.2 Å². The molecule has 0 aliphatic rings. The molecule has 0 rings (SSSR count). The van der Waals surface area contributed by atoms with Crippen LogP contribution in [0.5, 0.6) is 0 Å². The topological polar surface area (TPSA) is 77.0 Å². The predicted octanol–water partition coefficient (Wildman–Crippen LogP) is -0.965. The van der Waals surface area contributed by atoms with Gasteiger partial charge in [0.15, 0.2) is 0 Å². The van der Waals surface area contributed by atoms with Crippen LogP contribution < -0.4 is 11.0 Å². The zero-order valence-electron chi connectivity index (χ0n) is 6.76. The van der Waals surface area contributed by atoms with Gasteiger partial charge in [0.05, 0.1) is 0 Å². The van der Waals surface area contributed by atoms with Gasteiger partial charge in [-0.3, -0.25) is 0 Å². The van der Waals surface area contributed by atoms with Gasteiger partial charge < -0.3 is 9.90 Å². The molecule has 0 aromatic rings. The molecular formula is C6H10F3NO3. The molecule has 0 saturated heterocycles. The summed E-state index contributed by atoms with van der Waals surface area (Å²) in [5, 5.41) is 8.78. The summed E-state index contributed by atoms with van der Waals surface area (Å²) in [7, 11) is 0. The molecule has 13 heavy (non-hydrogen) atoms. The Bertz CT molecular complexity index is 158. The molecule has 0 heterocycles. The first-order valence-electron chi connectivity index (χ1n) is 3.12. The number of carbonyl (C=O) groups excluding carboxylic acids is 1. The average Bonchev–Trinajstić information content (AvgIpc) is 2.00. The normalized spacial score (nSPS) is 9.85. The van der Waals surface area contributed by atoms with Gasteiger partial charge in [0.25, 0.3) is 0 Å². The molecule has 7 heteroatoms. The van der Waals surface area contributed by atoms with Crippen molar-refractivity contribution in [1.29, 1.82) is 0 Å². The summed E-state index contributed by atoms with van der Waals surface area (Å²) < 4.78 is 31.5. The van der Waals surface area contributed by atoms with Crippen molar-refractivity contribution in [3.05, 3.63) is 12.7 Å². The Morgan fingerprint density at radius 3 is 2.08 bits per heavy atom. The van der Waals surface area contributed by atoms with Crippen LogP contribution in [0.2, 0.25) is 0 Å². The zero-order chi connectivity index (χ0) is 10.9. The van der Waals surface area contributed by atoms with Crippen molar-refractivity contribution in [2.24, 2.45) is 0 Å². The van der Waals surface area contributed by atoms with Gasteiger partial charge in [-0.1, -0.05) is 6.08 Å². The fourth-order valence-electron chi connectivity index (χ4n) is 0.167. The average molecular weight is 201 g/mol. The van der Waals surface area contributed by atoms with E-state index in [-0.39, 0.29) is 0 Å². The second-order valence-electron chi connectivity index (χ2n) is 1.77. The van der Waals surface area contributed by atoms with Crippen LogP contribution in [0.25, 0.3) is 0 Å². The number of carbonyl (C=O) groups is 1. The molecule has 0 aromatic carbocycles. The van der Waals surface area contributed by atoms with Crippen LogP contribution in [0.4, 0.5) is 13.2 Å². The lowest BCUT2D eigenvalue weighted by molar-refractivity contribution is -0.689. The number of carboxylic acid groups (broad SMARTS) is 1. The maximum absolute atomic E-state index is 10.5. The molecule has 0 spiro atoms. The Labute approximate surface area is 72.7 Å². The molecule has 0 atom stereocenters.